The van der Waals surface area contributed by atoms with Crippen LogP contribution in [-0.2, 0) is 4.79 Å². The Morgan fingerprint density at radius 1 is 1.60 bits per heavy atom. The lowest BCUT2D eigenvalue weighted by molar-refractivity contribution is -0.130. The number of hydrogen-bond acceptors (Lipinski definition) is 3. The van der Waals surface area contributed by atoms with Gasteiger partial charge in [0.1, 0.15) is 0 Å². The molecule has 0 aromatic carbocycles. The minimum atomic E-state index is 0.209. The van der Waals surface area contributed by atoms with Gasteiger partial charge in [-0.3, -0.25) is 4.79 Å². The van der Waals surface area contributed by atoms with Crippen molar-refractivity contribution in [3.63, 3.8) is 0 Å². The van der Waals surface area contributed by atoms with Crippen molar-refractivity contribution in [3.05, 3.63) is 0 Å². The van der Waals surface area contributed by atoms with Crippen molar-refractivity contribution in [1.29, 1.82) is 0 Å². The summed E-state index contributed by atoms with van der Waals surface area (Å²) in [5, 5.41) is 0. The van der Waals surface area contributed by atoms with Crippen LogP contribution >= 0.6 is 0 Å². The molecule has 0 bridgehead atoms. The predicted molar refractivity (Wildman–Crippen MR) is 61.5 cm³/mol. The van der Waals surface area contributed by atoms with Gasteiger partial charge in [0, 0.05) is 39.6 Å². The topological polar surface area (TPSA) is 49.6 Å². The number of carbonyl (C=O) groups excluding carboxylic acids is 1. The maximum Gasteiger partial charge on any atom is 0.219 e. The van der Waals surface area contributed by atoms with Crippen LogP contribution in [0.15, 0.2) is 0 Å². The summed E-state index contributed by atoms with van der Waals surface area (Å²) < 4.78 is 0. The van der Waals surface area contributed by atoms with E-state index in [-0.39, 0.29) is 5.91 Å². The summed E-state index contributed by atoms with van der Waals surface area (Å²) in [6, 6.07) is 0. The highest BCUT2D eigenvalue weighted by molar-refractivity contribution is 5.73. The van der Waals surface area contributed by atoms with Gasteiger partial charge in [0.25, 0.3) is 0 Å². The normalized spacial score (nSPS) is 22.1. The Labute approximate surface area is 92.4 Å². The number of rotatable bonds is 4. The first-order valence-electron chi connectivity index (χ1n) is 5.77. The van der Waals surface area contributed by atoms with Crippen molar-refractivity contribution in [3.8, 4) is 0 Å². The van der Waals surface area contributed by atoms with Gasteiger partial charge in [-0.1, -0.05) is 0 Å². The van der Waals surface area contributed by atoms with Gasteiger partial charge >= 0.3 is 0 Å². The largest absolute Gasteiger partial charge is 0.343 e. The molecule has 4 heteroatoms. The second-order valence-corrected chi connectivity index (χ2v) is 4.52. The molecule has 0 unspecified atom stereocenters. The molecule has 0 spiro atoms. The molecular weight excluding hydrogens is 190 g/mol. The van der Waals surface area contributed by atoms with Gasteiger partial charge in [-0.05, 0) is 25.8 Å². The molecule has 0 radical (unpaired) electrons. The monoisotopic (exact) mass is 213 g/mol. The second-order valence-electron chi connectivity index (χ2n) is 4.52. The molecule has 1 rings (SSSR count). The molecule has 1 aliphatic rings. The standard InChI is InChI=1S/C11H23N3O/c1-10(15)14-6-3-4-11(9-14)8-13(2)7-5-12/h11H,3-9,12H2,1-2H3/t11-/m1/s1. The average Bonchev–Trinajstić information content (AvgIpc) is 2.18. The van der Waals surface area contributed by atoms with Gasteiger partial charge in [-0.15, -0.1) is 0 Å². The van der Waals surface area contributed by atoms with Gasteiger partial charge in [0.05, 0.1) is 0 Å². The Kier molecular flexibility index (Phi) is 5.05. The first-order chi connectivity index (χ1) is 7.13. The molecule has 15 heavy (non-hydrogen) atoms. The molecule has 88 valence electrons. The van der Waals surface area contributed by atoms with Crippen molar-refractivity contribution < 1.29 is 4.79 Å². The third-order valence-corrected chi connectivity index (χ3v) is 3.05. The Morgan fingerprint density at radius 3 is 2.93 bits per heavy atom. The van der Waals surface area contributed by atoms with Gasteiger partial charge < -0.3 is 15.5 Å². The van der Waals surface area contributed by atoms with Crippen LogP contribution in [0.2, 0.25) is 0 Å². The highest BCUT2D eigenvalue weighted by Gasteiger charge is 2.22. The molecule has 1 fully saturated rings. The summed E-state index contributed by atoms with van der Waals surface area (Å²) in [7, 11) is 2.10. The van der Waals surface area contributed by atoms with Crippen LogP contribution in [0.4, 0.5) is 0 Å². The quantitative estimate of drug-likeness (QED) is 0.722. The minimum absolute atomic E-state index is 0.209. The summed E-state index contributed by atoms with van der Waals surface area (Å²) in [6.07, 6.45) is 2.37. The molecule has 1 aliphatic heterocycles. The maximum absolute atomic E-state index is 11.2. The third kappa shape index (κ3) is 4.18. The first-order valence-corrected chi connectivity index (χ1v) is 5.77. The minimum Gasteiger partial charge on any atom is -0.343 e. The van der Waals surface area contributed by atoms with Crippen LogP contribution in [0.25, 0.3) is 0 Å². The summed E-state index contributed by atoms with van der Waals surface area (Å²) in [5.41, 5.74) is 5.50. The molecule has 1 atom stereocenters. The Hall–Kier alpha value is -0.610. The molecule has 2 N–H and O–H groups in total. The number of nitrogens with two attached hydrogens (primary N) is 1. The lowest BCUT2D eigenvalue weighted by Gasteiger charge is -2.34. The van der Waals surface area contributed by atoms with Crippen LogP contribution in [0.5, 0.6) is 0 Å². The number of hydrogen-bond donors (Lipinski definition) is 1. The maximum atomic E-state index is 11.2. The zero-order valence-corrected chi connectivity index (χ0v) is 9.91. The Morgan fingerprint density at radius 2 is 2.33 bits per heavy atom. The van der Waals surface area contributed by atoms with Gasteiger partial charge in [-0.2, -0.15) is 0 Å². The van der Waals surface area contributed by atoms with Crippen molar-refractivity contribution in [2.24, 2.45) is 11.7 Å². The van der Waals surface area contributed by atoms with E-state index in [9.17, 15) is 4.79 Å². The highest BCUT2D eigenvalue weighted by Crippen LogP contribution is 2.17. The van der Waals surface area contributed by atoms with Gasteiger partial charge in [0.2, 0.25) is 5.91 Å². The number of likely N-dealkylation sites (N-methyl/N-ethyl adjacent to an activating group) is 1. The Balaban J connectivity index is 2.32. The first kappa shape index (κ1) is 12.5. The summed E-state index contributed by atoms with van der Waals surface area (Å²) in [5.74, 6) is 0.834. The zero-order valence-electron chi connectivity index (χ0n) is 9.91. The summed E-state index contributed by atoms with van der Waals surface area (Å²) in [4.78, 5) is 15.5. The fourth-order valence-electron chi connectivity index (χ4n) is 2.25. The van der Waals surface area contributed by atoms with E-state index in [4.69, 9.17) is 5.73 Å². The number of carbonyl (C=O) groups is 1. The van der Waals surface area contributed by atoms with Gasteiger partial charge in [-0.25, -0.2) is 0 Å². The molecule has 0 saturated carbocycles. The fraction of sp³-hybridized carbons (Fsp3) is 0.909. The molecule has 0 aliphatic carbocycles. The molecular formula is C11H23N3O. The van der Waals surface area contributed by atoms with Crippen molar-refractivity contribution in [2.75, 3.05) is 39.8 Å². The van der Waals surface area contributed by atoms with E-state index in [0.717, 1.165) is 32.6 Å². The molecule has 1 saturated heterocycles. The zero-order chi connectivity index (χ0) is 11.3. The molecule has 1 heterocycles. The van der Waals surface area contributed by atoms with Crippen LogP contribution in [-0.4, -0.2) is 55.5 Å². The van der Waals surface area contributed by atoms with Crippen molar-refractivity contribution in [2.45, 2.75) is 19.8 Å². The summed E-state index contributed by atoms with van der Waals surface area (Å²) in [6.45, 7) is 6.22. The fourth-order valence-corrected chi connectivity index (χ4v) is 2.25. The second kappa shape index (κ2) is 6.08. The highest BCUT2D eigenvalue weighted by atomic mass is 16.2. The van der Waals surface area contributed by atoms with Crippen LogP contribution in [0, 0.1) is 5.92 Å². The van der Waals surface area contributed by atoms with Crippen molar-refractivity contribution in [1.82, 2.24) is 9.80 Å². The van der Waals surface area contributed by atoms with E-state index < -0.39 is 0 Å². The number of likely N-dealkylation sites (tertiary alicyclic amines) is 1. The SMILES string of the molecule is CC(=O)N1CCC[C@H](CN(C)CCN)C1. The van der Waals surface area contributed by atoms with E-state index in [2.05, 4.69) is 11.9 Å². The smallest absolute Gasteiger partial charge is 0.219 e. The van der Waals surface area contributed by atoms with E-state index >= 15 is 0 Å². The van der Waals surface area contributed by atoms with Crippen LogP contribution in [0.1, 0.15) is 19.8 Å². The lowest BCUT2D eigenvalue weighted by Crippen LogP contribution is -2.42. The average molecular weight is 213 g/mol. The van der Waals surface area contributed by atoms with Crippen molar-refractivity contribution >= 4 is 5.91 Å². The van der Waals surface area contributed by atoms with Crippen LogP contribution < -0.4 is 5.73 Å². The Bertz CT molecular complexity index is 208. The number of amides is 1. The number of nitrogens with zero attached hydrogens (tertiary/aromatic N) is 2. The van der Waals surface area contributed by atoms with E-state index in [1.807, 2.05) is 4.90 Å². The molecule has 0 aromatic heterocycles. The predicted octanol–water partition coefficient (Wildman–Crippen LogP) is 0.135. The van der Waals surface area contributed by atoms with E-state index in [1.54, 1.807) is 6.92 Å². The molecule has 0 aromatic rings. The van der Waals surface area contributed by atoms with Crippen LogP contribution in [0.3, 0.4) is 0 Å². The molecule has 4 nitrogen and oxygen atoms in total. The lowest BCUT2D eigenvalue weighted by atomic mass is 9.97. The van der Waals surface area contributed by atoms with E-state index in [1.165, 1.54) is 6.42 Å². The number of piperidine rings is 1. The third-order valence-electron chi connectivity index (χ3n) is 3.05. The van der Waals surface area contributed by atoms with E-state index in [0.29, 0.717) is 12.5 Å². The summed E-state index contributed by atoms with van der Waals surface area (Å²) >= 11 is 0. The van der Waals surface area contributed by atoms with Gasteiger partial charge in [0.15, 0.2) is 0 Å². The molecule has 1 amide bonds.